The van der Waals surface area contributed by atoms with Crippen LogP contribution in [0.3, 0.4) is 0 Å². The van der Waals surface area contributed by atoms with E-state index < -0.39 is 11.9 Å². The van der Waals surface area contributed by atoms with Crippen molar-refractivity contribution < 1.29 is 17.9 Å². The van der Waals surface area contributed by atoms with E-state index in [2.05, 4.69) is 15.1 Å². The summed E-state index contributed by atoms with van der Waals surface area (Å²) in [5, 5.41) is 7.08. The number of piperidine rings is 2. The number of nitrogens with zero attached hydrogens (tertiary/aromatic N) is 4. The Morgan fingerprint density at radius 1 is 0.852 bits per heavy atom. The topological polar surface area (TPSA) is 41.5 Å². The fraction of sp³-hybridized carbons (Fsp3) is 0.789. The fourth-order valence-corrected chi connectivity index (χ4v) is 4.27. The predicted molar refractivity (Wildman–Crippen MR) is 95.6 cm³/mol. The second-order valence-corrected chi connectivity index (χ2v) is 7.92. The van der Waals surface area contributed by atoms with Crippen molar-refractivity contribution in [3.63, 3.8) is 0 Å². The maximum atomic E-state index is 12.6. The number of hydrogen-bond acceptors (Lipinski definition) is 5. The molecule has 0 unspecified atom stereocenters. The van der Waals surface area contributed by atoms with Gasteiger partial charge < -0.3 is 14.5 Å². The molecular formula is C19H27F3N4O. The zero-order valence-corrected chi connectivity index (χ0v) is 15.5. The lowest BCUT2D eigenvalue weighted by Gasteiger charge is -2.42. The fourth-order valence-electron chi connectivity index (χ4n) is 4.27. The summed E-state index contributed by atoms with van der Waals surface area (Å²) < 4.78 is 44.1. The molecule has 2 saturated heterocycles. The molecule has 0 bridgehead atoms. The molecule has 1 saturated carbocycles. The number of hydrogen-bond donors (Lipinski definition) is 0. The zero-order valence-electron chi connectivity index (χ0n) is 15.5. The first-order valence-corrected chi connectivity index (χ1v) is 10.0. The normalized spacial score (nSPS) is 24.2. The first kappa shape index (κ1) is 18.9. The molecule has 150 valence electrons. The van der Waals surface area contributed by atoms with E-state index in [1.165, 1.54) is 25.3 Å². The molecule has 0 amide bonds. The van der Waals surface area contributed by atoms with Crippen LogP contribution in [0.1, 0.15) is 50.6 Å². The first-order chi connectivity index (χ1) is 13.0. The Hall–Kier alpha value is -1.41. The summed E-state index contributed by atoms with van der Waals surface area (Å²) in [6, 6.07) is 3.23. The molecule has 0 aromatic carbocycles. The standard InChI is InChI=1S/C19H27F3N4O/c20-19(21,22)17-4-5-18(24-23-17)26-12-8-16(9-13-26)27-15-6-10-25(11-7-15)14-2-1-3-14/h4-5,14-16H,1-3,6-13H2. The van der Waals surface area contributed by atoms with Crippen molar-refractivity contribution in [1.82, 2.24) is 15.1 Å². The van der Waals surface area contributed by atoms with E-state index in [-0.39, 0.29) is 6.10 Å². The second kappa shape index (κ2) is 7.91. The minimum Gasteiger partial charge on any atom is -0.375 e. The van der Waals surface area contributed by atoms with E-state index in [0.29, 0.717) is 11.9 Å². The average Bonchev–Trinajstić information content (AvgIpc) is 2.62. The van der Waals surface area contributed by atoms with Crippen LogP contribution < -0.4 is 4.90 Å². The summed E-state index contributed by atoms with van der Waals surface area (Å²) in [4.78, 5) is 4.61. The van der Waals surface area contributed by atoms with Gasteiger partial charge in [-0.15, -0.1) is 10.2 Å². The maximum absolute atomic E-state index is 12.6. The van der Waals surface area contributed by atoms with Crippen molar-refractivity contribution in [3.8, 4) is 0 Å². The summed E-state index contributed by atoms with van der Waals surface area (Å²) in [6.07, 6.45) is 4.23. The molecule has 0 radical (unpaired) electrons. The Labute approximate surface area is 157 Å². The van der Waals surface area contributed by atoms with Gasteiger partial charge in [-0.05, 0) is 50.7 Å². The molecule has 1 aromatic heterocycles. The Morgan fingerprint density at radius 3 is 1.96 bits per heavy atom. The second-order valence-electron chi connectivity index (χ2n) is 7.92. The lowest BCUT2D eigenvalue weighted by atomic mass is 9.89. The molecule has 2 aliphatic heterocycles. The van der Waals surface area contributed by atoms with Gasteiger partial charge in [-0.1, -0.05) is 6.42 Å². The van der Waals surface area contributed by atoms with Gasteiger partial charge in [0.15, 0.2) is 11.5 Å². The molecule has 1 aromatic rings. The van der Waals surface area contributed by atoms with Crippen molar-refractivity contribution >= 4 is 5.82 Å². The number of likely N-dealkylation sites (tertiary alicyclic amines) is 1. The highest BCUT2D eigenvalue weighted by Crippen LogP contribution is 2.30. The highest BCUT2D eigenvalue weighted by atomic mass is 19.4. The molecule has 27 heavy (non-hydrogen) atoms. The molecule has 5 nitrogen and oxygen atoms in total. The van der Waals surface area contributed by atoms with Crippen LogP contribution in [0, 0.1) is 0 Å². The maximum Gasteiger partial charge on any atom is 0.435 e. The zero-order chi connectivity index (χ0) is 18.9. The van der Waals surface area contributed by atoms with E-state index >= 15 is 0 Å². The van der Waals surface area contributed by atoms with Crippen LogP contribution in [0.25, 0.3) is 0 Å². The van der Waals surface area contributed by atoms with Crippen LogP contribution in [0.4, 0.5) is 19.0 Å². The van der Waals surface area contributed by atoms with Crippen LogP contribution >= 0.6 is 0 Å². The third kappa shape index (κ3) is 4.54. The highest BCUT2D eigenvalue weighted by Gasteiger charge is 2.34. The molecule has 3 heterocycles. The van der Waals surface area contributed by atoms with Crippen molar-refractivity contribution in [2.45, 2.75) is 69.4 Å². The lowest BCUT2D eigenvalue weighted by molar-refractivity contribution is -0.141. The third-order valence-electron chi connectivity index (χ3n) is 6.16. The van der Waals surface area contributed by atoms with Crippen LogP contribution in [0.5, 0.6) is 0 Å². The van der Waals surface area contributed by atoms with Gasteiger partial charge in [-0.25, -0.2) is 0 Å². The van der Waals surface area contributed by atoms with Gasteiger partial charge in [-0.3, -0.25) is 0 Å². The number of halogens is 3. The van der Waals surface area contributed by atoms with E-state index in [4.69, 9.17) is 4.74 Å². The molecule has 0 N–H and O–H groups in total. The molecular weight excluding hydrogens is 357 g/mol. The summed E-state index contributed by atoms with van der Waals surface area (Å²) in [5.41, 5.74) is -0.947. The summed E-state index contributed by atoms with van der Waals surface area (Å²) in [7, 11) is 0. The number of alkyl halides is 3. The Kier molecular flexibility index (Phi) is 5.55. The van der Waals surface area contributed by atoms with Crippen LogP contribution in [0.15, 0.2) is 12.1 Å². The van der Waals surface area contributed by atoms with Gasteiger partial charge in [0, 0.05) is 32.2 Å². The molecule has 0 atom stereocenters. The highest BCUT2D eigenvalue weighted by molar-refractivity contribution is 5.38. The molecule has 0 spiro atoms. The molecule has 4 rings (SSSR count). The number of anilines is 1. The summed E-state index contributed by atoms with van der Waals surface area (Å²) >= 11 is 0. The minimum atomic E-state index is -4.44. The SMILES string of the molecule is FC(F)(F)c1ccc(N2CCC(OC3CCN(C4CCC4)CC3)CC2)nn1. The number of aromatic nitrogens is 2. The lowest BCUT2D eigenvalue weighted by Crippen LogP contribution is -2.47. The van der Waals surface area contributed by atoms with E-state index in [1.54, 1.807) is 0 Å². The van der Waals surface area contributed by atoms with Gasteiger partial charge in [0.1, 0.15) is 0 Å². The van der Waals surface area contributed by atoms with Gasteiger partial charge in [0.2, 0.25) is 0 Å². The predicted octanol–water partition coefficient (Wildman–Crippen LogP) is 3.50. The van der Waals surface area contributed by atoms with Crippen molar-refractivity contribution in [2.24, 2.45) is 0 Å². The molecule has 1 aliphatic carbocycles. The largest absolute Gasteiger partial charge is 0.435 e. The van der Waals surface area contributed by atoms with Gasteiger partial charge in [0.05, 0.1) is 12.2 Å². The Balaban J connectivity index is 1.21. The van der Waals surface area contributed by atoms with E-state index in [9.17, 15) is 13.2 Å². The Morgan fingerprint density at radius 2 is 1.48 bits per heavy atom. The summed E-state index contributed by atoms with van der Waals surface area (Å²) in [6.45, 7) is 3.78. The third-order valence-corrected chi connectivity index (χ3v) is 6.16. The van der Waals surface area contributed by atoms with Crippen molar-refractivity contribution in [1.29, 1.82) is 0 Å². The number of ether oxygens (including phenoxy) is 1. The smallest absolute Gasteiger partial charge is 0.375 e. The van der Waals surface area contributed by atoms with Gasteiger partial charge in [0.25, 0.3) is 0 Å². The molecule has 3 fully saturated rings. The van der Waals surface area contributed by atoms with Crippen LogP contribution in [-0.2, 0) is 10.9 Å². The van der Waals surface area contributed by atoms with E-state index in [0.717, 1.165) is 64.0 Å². The monoisotopic (exact) mass is 384 g/mol. The van der Waals surface area contributed by atoms with Crippen LogP contribution in [-0.4, -0.2) is 59.5 Å². The molecule has 3 aliphatic rings. The minimum absolute atomic E-state index is 0.240. The number of rotatable bonds is 4. The average molecular weight is 384 g/mol. The van der Waals surface area contributed by atoms with E-state index in [1.807, 2.05) is 4.90 Å². The van der Waals surface area contributed by atoms with Crippen molar-refractivity contribution in [3.05, 3.63) is 17.8 Å². The summed E-state index contributed by atoms with van der Waals surface area (Å²) in [5.74, 6) is 0.509. The quantitative estimate of drug-likeness (QED) is 0.795. The van der Waals surface area contributed by atoms with Crippen molar-refractivity contribution in [2.75, 3.05) is 31.1 Å². The van der Waals surface area contributed by atoms with Crippen LogP contribution in [0.2, 0.25) is 0 Å². The Bertz CT molecular complexity index is 604. The van der Waals surface area contributed by atoms with Gasteiger partial charge >= 0.3 is 6.18 Å². The first-order valence-electron chi connectivity index (χ1n) is 10.0. The van der Waals surface area contributed by atoms with Gasteiger partial charge in [-0.2, -0.15) is 13.2 Å². The molecule has 8 heteroatoms.